The molecular formula is C28H31F3N6O3S. The topological polar surface area (TPSA) is 127 Å². The van der Waals surface area contributed by atoms with E-state index in [-0.39, 0.29) is 29.4 Å². The molecule has 9 nitrogen and oxygen atoms in total. The van der Waals surface area contributed by atoms with Crippen LogP contribution in [0.5, 0.6) is 0 Å². The Balaban J connectivity index is 1.55. The van der Waals surface area contributed by atoms with Gasteiger partial charge in [0.15, 0.2) is 11.6 Å². The van der Waals surface area contributed by atoms with Gasteiger partial charge in [-0.2, -0.15) is 21.0 Å². The van der Waals surface area contributed by atoms with Gasteiger partial charge in [-0.25, -0.2) is 22.8 Å². The van der Waals surface area contributed by atoms with Crippen LogP contribution in [0.3, 0.4) is 0 Å². The maximum atomic E-state index is 14.8. The number of pyridine rings is 1. The van der Waals surface area contributed by atoms with Crippen LogP contribution in [-0.2, 0) is 4.79 Å². The van der Waals surface area contributed by atoms with Crippen molar-refractivity contribution in [3.8, 4) is 23.0 Å². The molecule has 2 fully saturated rings. The molecule has 218 valence electrons. The van der Waals surface area contributed by atoms with Crippen molar-refractivity contribution < 1.29 is 27.1 Å². The number of hydrogen-bond acceptors (Lipinski definition) is 7. The Morgan fingerprint density at radius 1 is 1.22 bits per heavy atom. The van der Waals surface area contributed by atoms with Gasteiger partial charge >= 0.3 is 0 Å². The lowest BCUT2D eigenvalue weighted by molar-refractivity contribution is -0.131. The average molecular weight is 589 g/mol. The number of amides is 1. The molecule has 2 aromatic heterocycles. The van der Waals surface area contributed by atoms with Crippen LogP contribution < -0.4 is 10.2 Å². The second-order valence-corrected chi connectivity index (χ2v) is 13.0. The van der Waals surface area contributed by atoms with E-state index in [1.165, 1.54) is 36.1 Å². The van der Waals surface area contributed by atoms with Gasteiger partial charge < -0.3 is 10.2 Å². The highest BCUT2D eigenvalue weighted by molar-refractivity contribution is 8.24. The van der Waals surface area contributed by atoms with Gasteiger partial charge in [-0.1, -0.05) is 12.1 Å². The molecular weight excluding hydrogens is 557 g/mol. The molecule has 41 heavy (non-hydrogen) atoms. The zero-order valence-electron chi connectivity index (χ0n) is 22.4. The molecule has 0 radical (unpaired) electrons. The first kappa shape index (κ1) is 28.9. The molecule has 0 spiro atoms. The molecule has 3 heterocycles. The number of anilines is 1. The highest BCUT2D eigenvalue weighted by atomic mass is 32.3. The number of benzene rings is 1. The van der Waals surface area contributed by atoms with Crippen LogP contribution in [0.2, 0.25) is 0 Å². The van der Waals surface area contributed by atoms with Gasteiger partial charge in [0, 0.05) is 61.4 Å². The standard InChI is InChI=1S/C28H31F3N6O3S/c1-18(16-32)34-27(38)21-8-9-28(30,31)15-22(21)25-23(17-37(35-25)26-24(29)3-2-10-33-26)19-4-6-20(7-5-19)36-11-13-41(39,40)14-12-36/h2-7,10,17-18,21-22,39-40H,8-9,11-15H2,1H3,(H,34,38)/t18-,21+,22+/m0/s1. The van der Waals surface area contributed by atoms with Gasteiger partial charge in [0.1, 0.15) is 6.04 Å². The molecule has 3 atom stereocenters. The molecule has 1 aliphatic heterocycles. The van der Waals surface area contributed by atoms with Crippen molar-refractivity contribution in [1.29, 1.82) is 5.26 Å². The summed E-state index contributed by atoms with van der Waals surface area (Å²) in [4.78, 5) is 19.3. The lowest BCUT2D eigenvalue weighted by atomic mass is 9.74. The van der Waals surface area contributed by atoms with Crippen LogP contribution in [0.25, 0.3) is 16.9 Å². The largest absolute Gasteiger partial charge is 0.368 e. The zero-order chi connectivity index (χ0) is 29.4. The van der Waals surface area contributed by atoms with Crippen molar-refractivity contribution >= 4 is 22.2 Å². The van der Waals surface area contributed by atoms with Gasteiger partial charge in [-0.05, 0) is 43.2 Å². The molecule has 3 N–H and O–H groups in total. The molecule has 1 amide bonds. The fourth-order valence-corrected chi connectivity index (χ4v) is 6.69. The van der Waals surface area contributed by atoms with E-state index in [0.717, 1.165) is 5.69 Å². The summed E-state index contributed by atoms with van der Waals surface area (Å²) in [5, 5.41) is 16.3. The number of hydrogen-bond donors (Lipinski definition) is 3. The smallest absolute Gasteiger partial charge is 0.248 e. The maximum Gasteiger partial charge on any atom is 0.248 e. The minimum Gasteiger partial charge on any atom is -0.368 e. The summed E-state index contributed by atoms with van der Waals surface area (Å²) >= 11 is 0. The van der Waals surface area contributed by atoms with E-state index in [0.29, 0.717) is 24.2 Å². The van der Waals surface area contributed by atoms with Crippen LogP contribution in [0, 0.1) is 23.1 Å². The summed E-state index contributed by atoms with van der Waals surface area (Å²) in [7, 11) is -2.55. The first-order valence-electron chi connectivity index (χ1n) is 13.3. The Kier molecular flexibility index (Phi) is 8.00. The van der Waals surface area contributed by atoms with E-state index in [9.17, 15) is 27.1 Å². The predicted molar refractivity (Wildman–Crippen MR) is 150 cm³/mol. The molecule has 3 aromatic rings. The van der Waals surface area contributed by atoms with Crippen molar-refractivity contribution in [3.63, 3.8) is 0 Å². The van der Waals surface area contributed by atoms with E-state index < -0.39 is 59.0 Å². The van der Waals surface area contributed by atoms with Crippen LogP contribution in [0.4, 0.5) is 18.9 Å². The Hall–Kier alpha value is -3.60. The number of carbonyl (C=O) groups excluding carboxylic acids is 1. The molecule has 0 bridgehead atoms. The van der Waals surface area contributed by atoms with Gasteiger partial charge in [0.05, 0.1) is 23.3 Å². The van der Waals surface area contributed by atoms with Crippen LogP contribution >= 0.6 is 10.6 Å². The van der Waals surface area contributed by atoms with E-state index >= 15 is 0 Å². The SMILES string of the molecule is C[C@@H](C#N)NC(=O)[C@@H]1CCC(F)(F)C[C@H]1c1nn(-c2ncccc2F)cc1-c1ccc(N2CCS(O)(O)CC2)cc1. The highest BCUT2D eigenvalue weighted by Gasteiger charge is 2.46. The normalized spacial score (nSPS) is 23.3. The van der Waals surface area contributed by atoms with E-state index in [4.69, 9.17) is 5.26 Å². The van der Waals surface area contributed by atoms with E-state index in [1.807, 2.05) is 23.1 Å². The third-order valence-corrected chi connectivity index (χ3v) is 9.36. The third-order valence-electron chi connectivity index (χ3n) is 7.68. The number of aromatic nitrogens is 3. The predicted octanol–water partition coefficient (Wildman–Crippen LogP) is 5.19. The van der Waals surface area contributed by atoms with Gasteiger partial charge in [0.25, 0.3) is 0 Å². The number of nitrogens with one attached hydrogen (secondary N) is 1. The Labute approximate surface area is 237 Å². The first-order chi connectivity index (χ1) is 19.5. The second kappa shape index (κ2) is 11.3. The minimum absolute atomic E-state index is 0.0982. The zero-order valence-corrected chi connectivity index (χ0v) is 23.2. The molecule has 1 aliphatic carbocycles. The number of alkyl halides is 2. The maximum absolute atomic E-state index is 14.8. The van der Waals surface area contributed by atoms with E-state index in [2.05, 4.69) is 15.4 Å². The third kappa shape index (κ3) is 6.34. The second-order valence-electron chi connectivity index (χ2n) is 10.6. The van der Waals surface area contributed by atoms with Crippen LogP contribution in [0.15, 0.2) is 48.8 Å². The number of nitrogens with zero attached hydrogens (tertiary/aromatic N) is 5. The summed E-state index contributed by atoms with van der Waals surface area (Å²) in [5.74, 6) is -5.59. The summed E-state index contributed by atoms with van der Waals surface area (Å²) in [6.07, 6.45) is 1.74. The van der Waals surface area contributed by atoms with Crippen molar-refractivity contribution in [2.45, 2.75) is 44.1 Å². The molecule has 1 saturated heterocycles. The summed E-state index contributed by atoms with van der Waals surface area (Å²) in [6.45, 7) is 2.48. The Bertz CT molecular complexity index is 1450. The first-order valence-corrected chi connectivity index (χ1v) is 15.2. The quantitative estimate of drug-likeness (QED) is 0.362. The molecule has 1 saturated carbocycles. The molecule has 2 aliphatic rings. The fraction of sp³-hybridized carbons (Fsp3) is 0.429. The number of halogens is 3. The van der Waals surface area contributed by atoms with Gasteiger partial charge in [0.2, 0.25) is 11.8 Å². The van der Waals surface area contributed by atoms with Crippen molar-refractivity contribution in [2.24, 2.45) is 5.92 Å². The molecule has 5 rings (SSSR count). The number of nitriles is 1. The van der Waals surface area contributed by atoms with Crippen molar-refractivity contribution in [3.05, 3.63) is 60.3 Å². The molecule has 1 aromatic carbocycles. The summed E-state index contributed by atoms with van der Waals surface area (Å²) in [5.41, 5.74) is 2.17. The molecule has 13 heteroatoms. The highest BCUT2D eigenvalue weighted by Crippen LogP contribution is 2.48. The molecule has 0 unspecified atom stereocenters. The fourth-order valence-electron chi connectivity index (χ4n) is 5.46. The summed E-state index contributed by atoms with van der Waals surface area (Å²) < 4.78 is 65.4. The lowest BCUT2D eigenvalue weighted by Crippen LogP contribution is -2.43. The monoisotopic (exact) mass is 588 g/mol. The average Bonchev–Trinajstić information content (AvgIpc) is 3.38. The minimum atomic E-state index is -3.03. The van der Waals surface area contributed by atoms with E-state index in [1.54, 1.807) is 12.1 Å². The van der Waals surface area contributed by atoms with Gasteiger partial charge in [-0.15, -0.1) is 0 Å². The van der Waals surface area contributed by atoms with Crippen molar-refractivity contribution in [1.82, 2.24) is 20.1 Å². The number of carbonyl (C=O) groups is 1. The Morgan fingerprint density at radius 2 is 1.93 bits per heavy atom. The van der Waals surface area contributed by atoms with Crippen LogP contribution in [0.1, 0.15) is 37.8 Å². The van der Waals surface area contributed by atoms with Crippen LogP contribution in [-0.4, -0.2) is 66.3 Å². The number of rotatable bonds is 6. The summed E-state index contributed by atoms with van der Waals surface area (Å²) in [6, 6.07) is 11.1. The lowest BCUT2D eigenvalue weighted by Gasteiger charge is -2.41. The van der Waals surface area contributed by atoms with Gasteiger partial charge in [-0.3, -0.25) is 13.9 Å². The van der Waals surface area contributed by atoms with Crippen molar-refractivity contribution in [2.75, 3.05) is 29.5 Å². The Morgan fingerprint density at radius 3 is 2.59 bits per heavy atom.